The van der Waals surface area contributed by atoms with Crippen LogP contribution in [0.5, 0.6) is 5.75 Å². The van der Waals surface area contributed by atoms with Crippen LogP contribution in [0.1, 0.15) is 48.8 Å². The largest absolute Gasteiger partial charge is 0.496 e. The molecule has 2 aromatic carbocycles. The SMILES string of the molecule is COc1cc(C2(O)CC3CCCC(C2)N3C(=O)OCc2ccccc2)ccc1C. The second-order valence-corrected chi connectivity index (χ2v) is 8.31. The van der Waals surface area contributed by atoms with Crippen LogP contribution in [0, 0.1) is 6.92 Å². The molecule has 2 aliphatic heterocycles. The molecule has 0 aliphatic carbocycles. The topological polar surface area (TPSA) is 59.0 Å². The number of hydrogen-bond acceptors (Lipinski definition) is 4. The fourth-order valence-corrected chi connectivity index (χ4v) is 4.87. The number of carbonyl (C=O) groups excluding carboxylic acids is 1. The van der Waals surface area contributed by atoms with E-state index in [0.717, 1.165) is 41.7 Å². The maximum Gasteiger partial charge on any atom is 0.410 e. The van der Waals surface area contributed by atoms with Crippen LogP contribution in [-0.4, -0.2) is 35.3 Å². The highest BCUT2D eigenvalue weighted by atomic mass is 16.6. The molecular weight excluding hydrogens is 366 g/mol. The number of methoxy groups -OCH3 is 1. The fourth-order valence-electron chi connectivity index (χ4n) is 4.87. The van der Waals surface area contributed by atoms with Gasteiger partial charge in [0.1, 0.15) is 12.4 Å². The van der Waals surface area contributed by atoms with E-state index < -0.39 is 5.60 Å². The van der Waals surface area contributed by atoms with Crippen molar-refractivity contribution in [3.05, 3.63) is 65.2 Å². The summed E-state index contributed by atoms with van der Waals surface area (Å²) in [5, 5.41) is 11.5. The van der Waals surface area contributed by atoms with Gasteiger partial charge < -0.3 is 19.5 Å². The number of hydrogen-bond donors (Lipinski definition) is 1. The van der Waals surface area contributed by atoms with E-state index in [4.69, 9.17) is 9.47 Å². The Morgan fingerprint density at radius 2 is 1.83 bits per heavy atom. The summed E-state index contributed by atoms with van der Waals surface area (Å²) in [7, 11) is 1.65. The van der Waals surface area contributed by atoms with Gasteiger partial charge in [-0.25, -0.2) is 4.79 Å². The molecule has 2 aromatic rings. The highest BCUT2D eigenvalue weighted by Gasteiger charge is 2.48. The van der Waals surface area contributed by atoms with E-state index in [1.807, 2.05) is 60.4 Å². The minimum Gasteiger partial charge on any atom is -0.496 e. The van der Waals surface area contributed by atoms with Crippen LogP contribution in [-0.2, 0) is 16.9 Å². The summed E-state index contributed by atoms with van der Waals surface area (Å²) in [5.74, 6) is 0.783. The van der Waals surface area contributed by atoms with E-state index in [1.165, 1.54) is 0 Å². The minimum absolute atomic E-state index is 0.0110. The highest BCUT2D eigenvalue weighted by Crippen LogP contribution is 2.45. The number of carbonyl (C=O) groups is 1. The first kappa shape index (κ1) is 19.8. The van der Waals surface area contributed by atoms with E-state index >= 15 is 0 Å². The van der Waals surface area contributed by atoms with Gasteiger partial charge in [-0.3, -0.25) is 0 Å². The Bertz CT molecular complexity index is 852. The number of rotatable bonds is 4. The molecular formula is C24H29NO4. The molecule has 2 saturated heterocycles. The molecule has 2 bridgehead atoms. The number of piperidine rings is 2. The normalized spacial score (nSPS) is 26.1. The van der Waals surface area contributed by atoms with Crippen LogP contribution < -0.4 is 4.74 Å². The van der Waals surface area contributed by atoms with Crippen molar-refractivity contribution >= 4 is 6.09 Å². The summed E-state index contributed by atoms with van der Waals surface area (Å²) in [6, 6.07) is 15.6. The van der Waals surface area contributed by atoms with Crippen molar-refractivity contribution in [1.29, 1.82) is 0 Å². The minimum atomic E-state index is -0.951. The van der Waals surface area contributed by atoms with Gasteiger partial charge in [-0.15, -0.1) is 0 Å². The van der Waals surface area contributed by atoms with Gasteiger partial charge in [-0.05, 0) is 48.9 Å². The number of fused-ring (bicyclic) bond motifs is 2. The molecule has 0 saturated carbocycles. The molecule has 2 atom stereocenters. The van der Waals surface area contributed by atoms with E-state index in [1.54, 1.807) is 7.11 Å². The molecule has 0 spiro atoms. The zero-order valence-electron chi connectivity index (χ0n) is 17.1. The second kappa shape index (κ2) is 8.07. The predicted molar refractivity (Wildman–Crippen MR) is 111 cm³/mol. The van der Waals surface area contributed by atoms with Crippen molar-refractivity contribution in [2.24, 2.45) is 0 Å². The number of amides is 1. The van der Waals surface area contributed by atoms with Gasteiger partial charge in [-0.1, -0.05) is 42.5 Å². The molecule has 29 heavy (non-hydrogen) atoms. The van der Waals surface area contributed by atoms with Crippen LogP contribution in [0.15, 0.2) is 48.5 Å². The molecule has 2 fully saturated rings. The van der Waals surface area contributed by atoms with Crippen molar-refractivity contribution in [2.45, 2.75) is 63.3 Å². The van der Waals surface area contributed by atoms with Crippen LogP contribution in [0.3, 0.4) is 0 Å². The molecule has 2 unspecified atom stereocenters. The van der Waals surface area contributed by atoms with Crippen molar-refractivity contribution in [3.63, 3.8) is 0 Å². The van der Waals surface area contributed by atoms with E-state index in [2.05, 4.69) is 0 Å². The molecule has 2 aliphatic rings. The molecule has 5 heteroatoms. The number of benzene rings is 2. The maximum atomic E-state index is 12.9. The van der Waals surface area contributed by atoms with Gasteiger partial charge in [0.25, 0.3) is 0 Å². The van der Waals surface area contributed by atoms with Crippen molar-refractivity contribution in [2.75, 3.05) is 7.11 Å². The van der Waals surface area contributed by atoms with Gasteiger partial charge in [0.05, 0.1) is 12.7 Å². The molecule has 154 valence electrons. The molecule has 4 rings (SSSR count). The van der Waals surface area contributed by atoms with Crippen LogP contribution in [0.4, 0.5) is 4.79 Å². The molecule has 0 aromatic heterocycles. The number of ether oxygens (including phenoxy) is 2. The maximum absolute atomic E-state index is 12.9. The lowest BCUT2D eigenvalue weighted by atomic mass is 9.72. The Hall–Kier alpha value is -2.53. The smallest absolute Gasteiger partial charge is 0.410 e. The molecule has 2 heterocycles. The molecule has 1 N–H and O–H groups in total. The zero-order chi connectivity index (χ0) is 20.4. The molecule has 5 nitrogen and oxygen atoms in total. The third-order valence-electron chi connectivity index (χ3n) is 6.37. The number of aliphatic hydroxyl groups is 1. The lowest BCUT2D eigenvalue weighted by Crippen LogP contribution is -2.58. The van der Waals surface area contributed by atoms with Crippen LogP contribution >= 0.6 is 0 Å². The fraction of sp³-hybridized carbons (Fsp3) is 0.458. The van der Waals surface area contributed by atoms with E-state index in [0.29, 0.717) is 12.8 Å². The third kappa shape index (κ3) is 3.97. The Kier molecular flexibility index (Phi) is 5.50. The second-order valence-electron chi connectivity index (χ2n) is 8.31. The molecule has 0 radical (unpaired) electrons. The quantitative estimate of drug-likeness (QED) is 0.825. The average Bonchev–Trinajstić information content (AvgIpc) is 2.72. The van der Waals surface area contributed by atoms with Gasteiger partial charge in [0.15, 0.2) is 0 Å². The summed E-state index contributed by atoms with van der Waals surface area (Å²) in [5.41, 5.74) is 1.94. The van der Waals surface area contributed by atoms with Gasteiger partial charge in [0, 0.05) is 24.9 Å². The van der Waals surface area contributed by atoms with Crippen molar-refractivity contribution in [1.82, 2.24) is 4.90 Å². The summed E-state index contributed by atoms with van der Waals surface area (Å²) in [4.78, 5) is 14.8. The van der Waals surface area contributed by atoms with E-state index in [-0.39, 0.29) is 24.8 Å². The summed E-state index contributed by atoms with van der Waals surface area (Å²) in [6.07, 6.45) is 3.63. The summed E-state index contributed by atoms with van der Waals surface area (Å²) in [6.45, 7) is 2.27. The summed E-state index contributed by atoms with van der Waals surface area (Å²) >= 11 is 0. The predicted octanol–water partition coefficient (Wildman–Crippen LogP) is 4.54. The molecule has 1 amide bonds. The standard InChI is InChI=1S/C24H29NO4/c1-17-11-12-19(13-22(17)28-2)24(27)14-20-9-6-10-21(15-24)25(20)23(26)29-16-18-7-4-3-5-8-18/h3-5,7-8,11-13,20-21,27H,6,9-10,14-16H2,1-2H3. The lowest BCUT2D eigenvalue weighted by Gasteiger charge is -2.51. The lowest BCUT2D eigenvalue weighted by molar-refractivity contribution is -0.0897. The number of aryl methyl sites for hydroxylation is 1. The van der Waals surface area contributed by atoms with Gasteiger partial charge in [-0.2, -0.15) is 0 Å². The van der Waals surface area contributed by atoms with Crippen LogP contribution in [0.2, 0.25) is 0 Å². The zero-order valence-corrected chi connectivity index (χ0v) is 17.1. The Balaban J connectivity index is 1.50. The van der Waals surface area contributed by atoms with Gasteiger partial charge in [0.2, 0.25) is 0 Å². The first-order valence-corrected chi connectivity index (χ1v) is 10.4. The monoisotopic (exact) mass is 395 g/mol. The Morgan fingerprint density at radius 1 is 1.14 bits per heavy atom. The third-order valence-corrected chi connectivity index (χ3v) is 6.37. The number of nitrogens with zero attached hydrogens (tertiary/aromatic N) is 1. The average molecular weight is 395 g/mol. The van der Waals surface area contributed by atoms with Crippen molar-refractivity contribution < 1.29 is 19.4 Å². The van der Waals surface area contributed by atoms with E-state index in [9.17, 15) is 9.90 Å². The summed E-state index contributed by atoms with van der Waals surface area (Å²) < 4.78 is 11.1. The van der Waals surface area contributed by atoms with Crippen LogP contribution in [0.25, 0.3) is 0 Å². The van der Waals surface area contributed by atoms with Crippen molar-refractivity contribution in [3.8, 4) is 5.75 Å². The first-order chi connectivity index (χ1) is 14.0. The first-order valence-electron chi connectivity index (χ1n) is 10.4. The highest BCUT2D eigenvalue weighted by molar-refractivity contribution is 5.69. The Labute approximate surface area is 172 Å². The van der Waals surface area contributed by atoms with Gasteiger partial charge >= 0.3 is 6.09 Å². The Morgan fingerprint density at radius 3 is 2.48 bits per heavy atom.